The summed E-state index contributed by atoms with van der Waals surface area (Å²) in [5.41, 5.74) is 7.24. The molecule has 0 atom stereocenters. The van der Waals surface area contributed by atoms with Crippen LogP contribution >= 0.6 is 0 Å². The summed E-state index contributed by atoms with van der Waals surface area (Å²) in [6.45, 7) is 4.03. The van der Waals surface area contributed by atoms with Gasteiger partial charge in [-0.3, -0.25) is 4.55 Å². The van der Waals surface area contributed by atoms with Crippen molar-refractivity contribution in [1.82, 2.24) is 0 Å². The van der Waals surface area contributed by atoms with E-state index in [9.17, 15) is 13.0 Å². The lowest BCUT2D eigenvalue weighted by atomic mass is 9.85. The average Bonchev–Trinajstić information content (AvgIpc) is 2.69. The Kier molecular flexibility index (Phi) is 6.34. The van der Waals surface area contributed by atoms with Crippen molar-refractivity contribution in [3.63, 3.8) is 0 Å². The van der Waals surface area contributed by atoms with Crippen LogP contribution in [0.25, 0.3) is 5.57 Å². The maximum absolute atomic E-state index is 12.2. The highest BCUT2D eigenvalue weighted by molar-refractivity contribution is 7.86. The lowest BCUT2D eigenvalue weighted by molar-refractivity contribution is -0.462. The molecule has 0 heterocycles. The Morgan fingerprint density at radius 3 is 2.19 bits per heavy atom. The van der Waals surface area contributed by atoms with E-state index in [1.807, 2.05) is 75.8 Å². The maximum atomic E-state index is 12.2. The topological polar surface area (TPSA) is 60.6 Å². The number of anilines is 1. The van der Waals surface area contributed by atoms with Crippen LogP contribution in [0.15, 0.2) is 76.7 Å². The number of nitrogens with zero attached hydrogens (tertiary/aromatic N) is 2. The molecular weight excluding hydrogens is 408 g/mol. The number of hydrogen-bond donors (Lipinski definition) is 1. The average molecular weight is 438 g/mol. The standard InChI is InChI=1S/C25H28N2O3S/c1-17-15-19(26(3)4)11-13-21(17)25(22-14-12-20(27(5)6)16-18(22)2)23-9-7-8-10-24(23)31(28,29)30/h7-16H,1-6H3/p+1. The Balaban J connectivity index is 2.41. The van der Waals surface area contributed by atoms with E-state index in [-0.39, 0.29) is 4.90 Å². The number of benzene rings is 2. The zero-order valence-electron chi connectivity index (χ0n) is 18.8. The maximum Gasteiger partial charge on any atom is 0.295 e. The van der Waals surface area contributed by atoms with Gasteiger partial charge in [-0.25, -0.2) is 4.58 Å². The molecule has 0 aliphatic heterocycles. The minimum Gasteiger partial charge on any atom is -0.378 e. The van der Waals surface area contributed by atoms with Gasteiger partial charge in [-0.1, -0.05) is 24.3 Å². The first-order valence-corrected chi connectivity index (χ1v) is 11.4. The highest BCUT2D eigenvalue weighted by Gasteiger charge is 2.24. The van der Waals surface area contributed by atoms with Crippen molar-refractivity contribution in [2.75, 3.05) is 33.1 Å². The summed E-state index contributed by atoms with van der Waals surface area (Å²) >= 11 is 0. The van der Waals surface area contributed by atoms with Crippen LogP contribution in [0.5, 0.6) is 0 Å². The van der Waals surface area contributed by atoms with Crippen molar-refractivity contribution < 1.29 is 17.5 Å². The van der Waals surface area contributed by atoms with Gasteiger partial charge in [0.2, 0.25) is 0 Å². The van der Waals surface area contributed by atoms with E-state index < -0.39 is 10.1 Å². The van der Waals surface area contributed by atoms with Crippen LogP contribution < -0.4 is 4.90 Å². The van der Waals surface area contributed by atoms with E-state index in [1.165, 1.54) is 6.07 Å². The molecule has 2 aromatic carbocycles. The highest BCUT2D eigenvalue weighted by Crippen LogP contribution is 2.38. The summed E-state index contributed by atoms with van der Waals surface area (Å²) in [6.07, 6.45) is 6.11. The molecule has 3 rings (SSSR count). The van der Waals surface area contributed by atoms with E-state index in [0.717, 1.165) is 39.2 Å². The minimum atomic E-state index is -4.40. The first kappa shape index (κ1) is 22.7. The molecule has 1 aliphatic rings. The van der Waals surface area contributed by atoms with Gasteiger partial charge in [0.05, 0.1) is 0 Å². The van der Waals surface area contributed by atoms with Crippen molar-refractivity contribution in [3.05, 3.63) is 88.5 Å². The second-order valence-electron chi connectivity index (χ2n) is 8.13. The summed E-state index contributed by atoms with van der Waals surface area (Å²) in [5, 5.41) is 0. The van der Waals surface area contributed by atoms with E-state index in [4.69, 9.17) is 0 Å². The van der Waals surface area contributed by atoms with Gasteiger partial charge in [0.25, 0.3) is 10.1 Å². The number of rotatable bonds is 4. The van der Waals surface area contributed by atoms with E-state index in [2.05, 4.69) is 12.1 Å². The molecule has 162 valence electrons. The van der Waals surface area contributed by atoms with E-state index in [1.54, 1.807) is 18.2 Å². The van der Waals surface area contributed by atoms with Crippen LogP contribution in [-0.4, -0.2) is 51.4 Å². The van der Waals surface area contributed by atoms with Crippen molar-refractivity contribution >= 4 is 27.1 Å². The molecule has 1 N–H and O–H groups in total. The molecule has 0 saturated heterocycles. The summed E-state index contributed by atoms with van der Waals surface area (Å²) in [7, 11) is 3.53. The first-order valence-electron chi connectivity index (χ1n) is 10.0. The Bertz CT molecular complexity index is 1260. The molecule has 2 aromatic rings. The van der Waals surface area contributed by atoms with Gasteiger partial charge in [0, 0.05) is 37.5 Å². The van der Waals surface area contributed by atoms with Gasteiger partial charge in [-0.2, -0.15) is 8.42 Å². The third-order valence-corrected chi connectivity index (χ3v) is 6.34. The van der Waals surface area contributed by atoms with Crippen LogP contribution in [0, 0.1) is 6.92 Å². The number of allylic oxidation sites excluding steroid dienone is 5. The summed E-state index contributed by atoms with van der Waals surface area (Å²) in [5.74, 6) is 0. The molecule has 1 aliphatic carbocycles. The molecule has 5 nitrogen and oxygen atoms in total. The Hall–Kier alpha value is -2.96. The molecule has 0 amide bonds. The molecule has 0 aromatic heterocycles. The number of aryl methyl sites for hydroxylation is 1. The van der Waals surface area contributed by atoms with Gasteiger partial charge >= 0.3 is 0 Å². The summed E-state index contributed by atoms with van der Waals surface area (Å²) in [4.78, 5) is 1.93. The normalized spacial score (nSPS) is 15.6. The van der Waals surface area contributed by atoms with Gasteiger partial charge in [0.1, 0.15) is 19.0 Å². The SMILES string of the molecule is CC1=CC(=[N+](C)C)C=CC1=C(c1ccc(N(C)C)cc1C)c1ccccc1S(=O)(=O)O. The molecule has 0 unspecified atom stereocenters. The van der Waals surface area contributed by atoms with Crippen molar-refractivity contribution in [2.45, 2.75) is 18.7 Å². The second kappa shape index (κ2) is 8.65. The zero-order chi connectivity index (χ0) is 22.9. The van der Waals surface area contributed by atoms with Crippen molar-refractivity contribution in [3.8, 4) is 0 Å². The predicted octanol–water partition coefficient (Wildman–Crippen LogP) is 4.34. The lowest BCUT2D eigenvalue weighted by Gasteiger charge is -2.21. The van der Waals surface area contributed by atoms with Crippen LogP contribution in [0.1, 0.15) is 23.6 Å². The molecule has 6 heteroatoms. The fourth-order valence-electron chi connectivity index (χ4n) is 3.75. The quantitative estimate of drug-likeness (QED) is 0.571. The van der Waals surface area contributed by atoms with Gasteiger partial charge < -0.3 is 4.90 Å². The van der Waals surface area contributed by atoms with Crippen LogP contribution in [-0.2, 0) is 10.1 Å². The van der Waals surface area contributed by atoms with Crippen LogP contribution in [0.3, 0.4) is 0 Å². The molecule has 0 radical (unpaired) electrons. The second-order valence-corrected chi connectivity index (χ2v) is 9.52. The first-order chi connectivity index (χ1) is 14.5. The monoisotopic (exact) mass is 437 g/mol. The molecule has 0 spiro atoms. The largest absolute Gasteiger partial charge is 0.378 e. The summed E-state index contributed by atoms with van der Waals surface area (Å²) < 4.78 is 36.4. The minimum absolute atomic E-state index is 0.0998. The molecular formula is C25H29N2O3S+. The molecule has 31 heavy (non-hydrogen) atoms. The Morgan fingerprint density at radius 1 is 0.968 bits per heavy atom. The molecule has 0 bridgehead atoms. The molecule has 0 saturated carbocycles. The fraction of sp³-hybridized carbons (Fsp3) is 0.240. The third kappa shape index (κ3) is 4.70. The number of hydrogen-bond acceptors (Lipinski definition) is 3. The summed E-state index contributed by atoms with van der Waals surface area (Å²) in [6, 6.07) is 12.7. The predicted molar refractivity (Wildman–Crippen MR) is 128 cm³/mol. The van der Waals surface area contributed by atoms with E-state index >= 15 is 0 Å². The fourth-order valence-corrected chi connectivity index (χ4v) is 4.44. The van der Waals surface area contributed by atoms with Crippen molar-refractivity contribution in [2.24, 2.45) is 0 Å². The van der Waals surface area contributed by atoms with Gasteiger partial charge in [-0.15, -0.1) is 0 Å². The highest BCUT2D eigenvalue weighted by atomic mass is 32.2. The smallest absolute Gasteiger partial charge is 0.295 e. The van der Waals surface area contributed by atoms with Crippen LogP contribution in [0.4, 0.5) is 5.69 Å². The zero-order valence-corrected chi connectivity index (χ0v) is 19.7. The Labute approximate surface area is 185 Å². The third-order valence-electron chi connectivity index (χ3n) is 5.43. The van der Waals surface area contributed by atoms with Gasteiger partial charge in [-0.05, 0) is 66.0 Å². The van der Waals surface area contributed by atoms with Gasteiger partial charge in [0.15, 0.2) is 5.71 Å². The molecule has 0 fully saturated rings. The van der Waals surface area contributed by atoms with Crippen LogP contribution in [0.2, 0.25) is 0 Å². The van der Waals surface area contributed by atoms with Crippen molar-refractivity contribution in [1.29, 1.82) is 0 Å². The Morgan fingerprint density at radius 2 is 1.65 bits per heavy atom. The van der Waals surface area contributed by atoms with E-state index in [0.29, 0.717) is 5.56 Å². The lowest BCUT2D eigenvalue weighted by Crippen LogP contribution is -2.13.